The van der Waals surface area contributed by atoms with Crippen molar-refractivity contribution in [1.29, 1.82) is 0 Å². The molecule has 1 aliphatic heterocycles. The lowest BCUT2D eigenvalue weighted by Crippen LogP contribution is -2.25. The molecule has 21 heavy (non-hydrogen) atoms. The quantitative estimate of drug-likeness (QED) is 0.946. The smallest absolute Gasteiger partial charge is 0.239 e. The average Bonchev–Trinajstić information content (AvgIpc) is 2.82. The largest absolute Gasteiger partial charge is 0.304 e. The van der Waals surface area contributed by atoms with Gasteiger partial charge in [0.25, 0.3) is 0 Å². The Balaban J connectivity index is 1.70. The number of benzene rings is 1. The third-order valence-electron chi connectivity index (χ3n) is 2.98. The Hall–Kier alpha value is -1.85. The molecule has 1 unspecified atom stereocenters. The van der Waals surface area contributed by atoms with Gasteiger partial charge in [0.1, 0.15) is 0 Å². The molecule has 0 saturated carbocycles. The number of amides is 1. The van der Waals surface area contributed by atoms with E-state index in [1.165, 1.54) is 11.8 Å². The Kier molecular flexibility index (Phi) is 4.22. The molecular formula is C15H12ClN3OS. The van der Waals surface area contributed by atoms with E-state index in [0.717, 1.165) is 5.56 Å². The topological polar surface area (TPSA) is 54.4 Å². The van der Waals surface area contributed by atoms with Crippen LogP contribution in [0.15, 0.2) is 53.7 Å². The number of halogens is 1. The van der Waals surface area contributed by atoms with Gasteiger partial charge in [-0.25, -0.2) is 9.98 Å². The summed E-state index contributed by atoms with van der Waals surface area (Å²) in [4.78, 5) is 20.4. The van der Waals surface area contributed by atoms with Gasteiger partial charge in [0.2, 0.25) is 5.91 Å². The molecule has 2 heterocycles. The number of nitrogens with zero attached hydrogens (tertiary/aromatic N) is 2. The summed E-state index contributed by atoms with van der Waals surface area (Å²) < 4.78 is 0. The van der Waals surface area contributed by atoms with Crippen molar-refractivity contribution in [2.45, 2.75) is 11.7 Å². The van der Waals surface area contributed by atoms with Crippen molar-refractivity contribution < 1.29 is 4.79 Å². The summed E-state index contributed by atoms with van der Waals surface area (Å²) in [6.07, 6.45) is 2.32. The number of amidine groups is 1. The predicted octanol–water partition coefficient (Wildman–Crippen LogP) is 3.20. The van der Waals surface area contributed by atoms with Gasteiger partial charge in [0, 0.05) is 11.2 Å². The molecule has 0 aliphatic carbocycles. The normalized spacial score (nSPS) is 19.8. The molecule has 0 bridgehead atoms. The third kappa shape index (κ3) is 3.62. The van der Waals surface area contributed by atoms with Gasteiger partial charge < -0.3 is 5.32 Å². The number of pyridine rings is 1. The minimum Gasteiger partial charge on any atom is -0.304 e. The van der Waals surface area contributed by atoms with Crippen LogP contribution in [0.2, 0.25) is 5.02 Å². The van der Waals surface area contributed by atoms with E-state index in [9.17, 15) is 4.79 Å². The molecule has 1 aliphatic rings. The van der Waals surface area contributed by atoms with Gasteiger partial charge in [0.15, 0.2) is 11.0 Å². The lowest BCUT2D eigenvalue weighted by atomic mass is 10.1. The van der Waals surface area contributed by atoms with E-state index in [1.807, 2.05) is 36.4 Å². The van der Waals surface area contributed by atoms with Crippen LogP contribution in [-0.2, 0) is 11.2 Å². The second kappa shape index (κ2) is 6.28. The average molecular weight is 318 g/mol. The zero-order chi connectivity index (χ0) is 14.7. The number of aliphatic imine (C=N–C) groups is 1. The summed E-state index contributed by atoms with van der Waals surface area (Å²) in [6, 6.07) is 13.0. The van der Waals surface area contributed by atoms with Crippen LogP contribution in [0.25, 0.3) is 0 Å². The fourth-order valence-corrected chi connectivity index (χ4v) is 3.09. The zero-order valence-corrected chi connectivity index (χ0v) is 12.6. The lowest BCUT2D eigenvalue weighted by Gasteiger charge is -2.05. The zero-order valence-electron chi connectivity index (χ0n) is 11.0. The maximum absolute atomic E-state index is 12.0. The van der Waals surface area contributed by atoms with Crippen molar-refractivity contribution in [3.05, 3.63) is 59.2 Å². The molecule has 106 valence electrons. The Morgan fingerprint density at radius 2 is 2.05 bits per heavy atom. The van der Waals surface area contributed by atoms with E-state index in [0.29, 0.717) is 22.4 Å². The molecule has 0 radical (unpaired) electrons. The van der Waals surface area contributed by atoms with Crippen LogP contribution in [0.5, 0.6) is 0 Å². The molecule has 1 aromatic heterocycles. The summed E-state index contributed by atoms with van der Waals surface area (Å²) in [5.74, 6) is 0.567. The predicted molar refractivity (Wildman–Crippen MR) is 86.0 cm³/mol. The molecule has 6 heteroatoms. The van der Waals surface area contributed by atoms with Gasteiger partial charge in [-0.2, -0.15) is 0 Å². The molecule has 1 atom stereocenters. The van der Waals surface area contributed by atoms with Gasteiger partial charge in [-0.1, -0.05) is 41.6 Å². The fourth-order valence-electron chi connectivity index (χ4n) is 1.95. The standard InChI is InChI=1S/C15H12ClN3OS/c16-11-6-4-10(5-7-11)9-12-14(20)19-15(21-12)18-13-3-1-2-8-17-13/h1-8,12H,9H2,(H,17,18,19,20). The number of hydrogen-bond donors (Lipinski definition) is 1. The van der Waals surface area contributed by atoms with Crippen LogP contribution in [0.1, 0.15) is 5.56 Å². The van der Waals surface area contributed by atoms with E-state index in [2.05, 4.69) is 15.3 Å². The van der Waals surface area contributed by atoms with E-state index in [4.69, 9.17) is 11.6 Å². The Labute approximate surface area is 131 Å². The second-order valence-corrected chi connectivity index (χ2v) is 6.16. The van der Waals surface area contributed by atoms with Crippen molar-refractivity contribution in [3.8, 4) is 0 Å². The van der Waals surface area contributed by atoms with Crippen molar-refractivity contribution >= 4 is 40.3 Å². The number of nitrogens with one attached hydrogen (secondary N) is 1. The number of rotatable bonds is 3. The minimum atomic E-state index is -0.173. The van der Waals surface area contributed by atoms with Crippen LogP contribution >= 0.6 is 23.4 Å². The number of thioether (sulfide) groups is 1. The number of aromatic nitrogens is 1. The first-order chi connectivity index (χ1) is 10.2. The first-order valence-corrected chi connectivity index (χ1v) is 7.68. The Morgan fingerprint density at radius 1 is 1.24 bits per heavy atom. The van der Waals surface area contributed by atoms with E-state index >= 15 is 0 Å². The highest BCUT2D eigenvalue weighted by molar-refractivity contribution is 8.15. The number of hydrogen-bond acceptors (Lipinski definition) is 4. The highest BCUT2D eigenvalue weighted by Gasteiger charge is 2.30. The molecule has 0 spiro atoms. The number of carbonyl (C=O) groups excluding carboxylic acids is 1. The van der Waals surface area contributed by atoms with Crippen molar-refractivity contribution in [2.75, 3.05) is 0 Å². The van der Waals surface area contributed by atoms with Crippen LogP contribution in [0.4, 0.5) is 5.82 Å². The first-order valence-electron chi connectivity index (χ1n) is 6.42. The first kappa shape index (κ1) is 14.1. The third-order valence-corrected chi connectivity index (χ3v) is 4.31. The van der Waals surface area contributed by atoms with Crippen LogP contribution in [0.3, 0.4) is 0 Å². The van der Waals surface area contributed by atoms with Crippen LogP contribution in [0, 0.1) is 0 Å². The summed E-state index contributed by atoms with van der Waals surface area (Å²) in [5.41, 5.74) is 1.08. The maximum atomic E-state index is 12.0. The van der Waals surface area contributed by atoms with Crippen molar-refractivity contribution in [1.82, 2.24) is 10.3 Å². The van der Waals surface area contributed by atoms with Crippen LogP contribution < -0.4 is 5.32 Å². The monoisotopic (exact) mass is 317 g/mol. The molecule has 1 saturated heterocycles. The second-order valence-electron chi connectivity index (χ2n) is 4.53. The lowest BCUT2D eigenvalue weighted by molar-refractivity contribution is -0.118. The summed E-state index contributed by atoms with van der Waals surface area (Å²) >= 11 is 7.29. The van der Waals surface area contributed by atoms with Crippen molar-refractivity contribution in [2.24, 2.45) is 4.99 Å². The van der Waals surface area contributed by atoms with Gasteiger partial charge in [-0.05, 0) is 36.2 Å². The summed E-state index contributed by atoms with van der Waals surface area (Å²) in [5, 5.41) is 3.91. The highest BCUT2D eigenvalue weighted by Crippen LogP contribution is 2.25. The molecule has 1 fully saturated rings. The van der Waals surface area contributed by atoms with E-state index in [1.54, 1.807) is 12.3 Å². The minimum absolute atomic E-state index is 0.0235. The molecule has 3 rings (SSSR count). The van der Waals surface area contributed by atoms with Gasteiger partial charge in [-0.3, -0.25) is 4.79 Å². The fraction of sp³-hybridized carbons (Fsp3) is 0.133. The van der Waals surface area contributed by atoms with Gasteiger partial charge >= 0.3 is 0 Å². The molecule has 1 amide bonds. The molecule has 1 N–H and O–H groups in total. The summed E-state index contributed by atoms with van der Waals surface area (Å²) in [7, 11) is 0. The van der Waals surface area contributed by atoms with Crippen molar-refractivity contribution in [3.63, 3.8) is 0 Å². The summed E-state index contributed by atoms with van der Waals surface area (Å²) in [6.45, 7) is 0. The van der Waals surface area contributed by atoms with Gasteiger partial charge in [-0.15, -0.1) is 0 Å². The Bertz CT molecular complexity index is 673. The molecule has 1 aromatic carbocycles. The number of carbonyl (C=O) groups is 1. The van der Waals surface area contributed by atoms with E-state index in [-0.39, 0.29) is 11.2 Å². The van der Waals surface area contributed by atoms with Gasteiger partial charge in [0.05, 0.1) is 5.25 Å². The molecular weight excluding hydrogens is 306 g/mol. The van der Waals surface area contributed by atoms with E-state index < -0.39 is 0 Å². The SMILES string of the molecule is O=C1N/C(=N\c2ccccn2)SC1Cc1ccc(Cl)cc1. The van der Waals surface area contributed by atoms with Crippen LogP contribution in [-0.4, -0.2) is 21.3 Å². The maximum Gasteiger partial charge on any atom is 0.239 e. The Morgan fingerprint density at radius 3 is 2.76 bits per heavy atom. The molecule has 2 aromatic rings. The highest BCUT2D eigenvalue weighted by atomic mass is 35.5. The molecule has 4 nitrogen and oxygen atoms in total.